The molecule has 24 heavy (non-hydrogen) atoms. The van der Waals surface area contributed by atoms with Gasteiger partial charge >= 0.3 is 18.0 Å². The Labute approximate surface area is 133 Å². The molecule has 130 valence electrons. The van der Waals surface area contributed by atoms with E-state index >= 15 is 0 Å². The van der Waals surface area contributed by atoms with E-state index in [0.717, 1.165) is 11.3 Å². The molecule has 0 aliphatic rings. The predicted octanol–water partition coefficient (Wildman–Crippen LogP) is 4.88. The number of hydrogen-bond acceptors (Lipinski definition) is 3. The average molecular weight is 372 g/mol. The highest BCUT2D eigenvalue weighted by Crippen LogP contribution is 2.47. The number of Topliss-reactive ketones (excluding diaryl/α,β-unsaturated/α-hetero) is 2. The summed E-state index contributed by atoms with van der Waals surface area (Å²) in [6, 6.07) is 6.16. The van der Waals surface area contributed by atoms with Gasteiger partial charge in [0.05, 0.1) is 6.42 Å². The van der Waals surface area contributed by atoms with Crippen LogP contribution in [0.1, 0.15) is 16.8 Å². The first kappa shape index (κ1) is 18.4. The zero-order valence-corrected chi connectivity index (χ0v) is 12.3. The van der Waals surface area contributed by atoms with Crippen molar-refractivity contribution in [2.24, 2.45) is 0 Å². The van der Waals surface area contributed by atoms with Gasteiger partial charge in [-0.25, -0.2) is 0 Å². The highest BCUT2D eigenvalue weighted by Gasteiger charge is 2.75. The maximum atomic E-state index is 13.2. The Morgan fingerprint density at radius 3 is 2.12 bits per heavy atom. The Morgan fingerprint density at radius 2 is 1.54 bits per heavy atom. The Kier molecular flexibility index (Phi) is 4.47. The summed E-state index contributed by atoms with van der Waals surface area (Å²) in [6.07, 6.45) is -8.39. The van der Waals surface area contributed by atoms with Gasteiger partial charge in [-0.3, -0.25) is 9.59 Å². The number of hydrogen-bond donors (Lipinski definition) is 0. The van der Waals surface area contributed by atoms with Gasteiger partial charge in [0.25, 0.3) is 0 Å². The molecule has 0 fully saturated rings. The Morgan fingerprint density at radius 1 is 0.958 bits per heavy atom. The number of alkyl halides is 7. The molecule has 10 heteroatoms. The molecule has 0 N–H and O–H groups in total. The minimum atomic E-state index is -6.62. The van der Waals surface area contributed by atoms with Crippen LogP contribution < -0.4 is 0 Å². The zero-order valence-electron chi connectivity index (χ0n) is 11.5. The highest BCUT2D eigenvalue weighted by molar-refractivity contribution is 7.17. The van der Waals surface area contributed by atoms with E-state index in [1.807, 2.05) is 0 Å². The van der Waals surface area contributed by atoms with Crippen molar-refractivity contribution in [3.8, 4) is 0 Å². The molecule has 2 rings (SSSR count). The van der Waals surface area contributed by atoms with Crippen molar-refractivity contribution in [1.29, 1.82) is 0 Å². The molecule has 1 aromatic carbocycles. The molecule has 0 radical (unpaired) electrons. The molecular formula is C14H7F7O2S. The number of rotatable bonds is 5. The van der Waals surface area contributed by atoms with Crippen LogP contribution in [0, 0.1) is 0 Å². The normalized spacial score (nSPS) is 13.3. The third-order valence-corrected chi connectivity index (χ3v) is 4.17. The number of halogens is 7. The van der Waals surface area contributed by atoms with Crippen LogP contribution in [-0.4, -0.2) is 29.6 Å². The van der Waals surface area contributed by atoms with E-state index in [1.165, 1.54) is 17.5 Å². The van der Waals surface area contributed by atoms with Crippen molar-refractivity contribution in [1.82, 2.24) is 0 Å². The molecule has 0 aliphatic heterocycles. The smallest absolute Gasteiger partial charge is 0.294 e. The van der Waals surface area contributed by atoms with Crippen LogP contribution in [0.3, 0.4) is 0 Å². The van der Waals surface area contributed by atoms with E-state index in [9.17, 15) is 40.3 Å². The van der Waals surface area contributed by atoms with Gasteiger partial charge in [-0.2, -0.15) is 30.7 Å². The molecule has 0 unspecified atom stereocenters. The maximum absolute atomic E-state index is 13.2. The molecule has 0 spiro atoms. The average Bonchev–Trinajstić information content (AvgIpc) is 2.89. The van der Waals surface area contributed by atoms with E-state index in [1.54, 1.807) is 12.1 Å². The van der Waals surface area contributed by atoms with Gasteiger partial charge in [-0.1, -0.05) is 18.2 Å². The van der Waals surface area contributed by atoms with Crippen LogP contribution in [0.2, 0.25) is 0 Å². The third-order valence-electron chi connectivity index (χ3n) is 3.20. The van der Waals surface area contributed by atoms with Gasteiger partial charge in [0, 0.05) is 21.0 Å². The molecule has 2 nitrogen and oxygen atoms in total. The lowest BCUT2D eigenvalue weighted by atomic mass is 9.98. The summed E-state index contributed by atoms with van der Waals surface area (Å²) in [6.45, 7) is 0. The van der Waals surface area contributed by atoms with Crippen molar-refractivity contribution in [3.05, 3.63) is 35.2 Å². The highest BCUT2D eigenvalue weighted by atomic mass is 32.1. The molecule has 0 aliphatic carbocycles. The topological polar surface area (TPSA) is 34.1 Å². The van der Waals surface area contributed by atoms with E-state index in [0.29, 0.717) is 10.1 Å². The number of carbonyl (C=O) groups excluding carboxylic acids is 2. The van der Waals surface area contributed by atoms with E-state index in [4.69, 9.17) is 0 Å². The summed E-state index contributed by atoms with van der Waals surface area (Å²) in [5.41, 5.74) is -0.185. The minimum Gasteiger partial charge on any atom is -0.294 e. The number of fused-ring (bicyclic) bond motifs is 1. The van der Waals surface area contributed by atoms with E-state index in [2.05, 4.69) is 0 Å². The van der Waals surface area contributed by atoms with Gasteiger partial charge in [-0.15, -0.1) is 11.3 Å². The Hall–Kier alpha value is -1.97. The van der Waals surface area contributed by atoms with Crippen molar-refractivity contribution in [3.63, 3.8) is 0 Å². The van der Waals surface area contributed by atoms with Crippen molar-refractivity contribution < 1.29 is 40.3 Å². The fraction of sp³-hybridized carbons (Fsp3) is 0.286. The first-order valence-electron chi connectivity index (χ1n) is 6.24. The summed E-state index contributed by atoms with van der Waals surface area (Å²) >= 11 is 1.04. The van der Waals surface area contributed by atoms with Crippen LogP contribution >= 0.6 is 11.3 Å². The Bertz CT molecular complexity index is 792. The molecule has 0 saturated carbocycles. The summed E-state index contributed by atoms with van der Waals surface area (Å²) < 4.78 is 88.8. The molecule has 1 aromatic heterocycles. The van der Waals surface area contributed by atoms with Crippen LogP contribution in [0.25, 0.3) is 10.1 Å². The molecule has 0 saturated heterocycles. The van der Waals surface area contributed by atoms with Crippen molar-refractivity contribution in [2.45, 2.75) is 24.4 Å². The van der Waals surface area contributed by atoms with Gasteiger partial charge < -0.3 is 0 Å². The first-order chi connectivity index (χ1) is 10.9. The number of ketones is 2. The molecular weight excluding hydrogens is 365 g/mol. The van der Waals surface area contributed by atoms with E-state index < -0.39 is 36.0 Å². The second-order valence-electron chi connectivity index (χ2n) is 4.82. The first-order valence-corrected chi connectivity index (χ1v) is 7.12. The molecule has 1 heterocycles. The molecule has 2 aromatic rings. The molecule has 0 amide bonds. The standard InChI is InChI=1S/C14H7F7O2S/c15-12(16,13(17,18)14(19,20)21)11(23)5-9(22)8-6-24-10-4-2-1-3-7(8)10/h1-4,6H,5H2. The molecule has 0 bridgehead atoms. The lowest BCUT2D eigenvalue weighted by Gasteiger charge is -2.26. The lowest BCUT2D eigenvalue weighted by molar-refractivity contribution is -0.343. The van der Waals surface area contributed by atoms with Crippen LogP contribution in [0.15, 0.2) is 29.6 Å². The number of thiophene rings is 1. The molecule has 0 atom stereocenters. The number of benzene rings is 1. The lowest BCUT2D eigenvalue weighted by Crippen LogP contribution is -2.56. The predicted molar refractivity (Wildman–Crippen MR) is 71.7 cm³/mol. The fourth-order valence-corrected chi connectivity index (χ4v) is 2.86. The second kappa shape index (κ2) is 5.83. The van der Waals surface area contributed by atoms with Gasteiger partial charge in [0.1, 0.15) is 0 Å². The Balaban J connectivity index is 2.27. The quantitative estimate of drug-likeness (QED) is 0.426. The zero-order chi connectivity index (χ0) is 18.3. The van der Waals surface area contributed by atoms with Gasteiger partial charge in [0.2, 0.25) is 5.78 Å². The fourth-order valence-electron chi connectivity index (χ4n) is 1.90. The van der Waals surface area contributed by atoms with Crippen molar-refractivity contribution in [2.75, 3.05) is 0 Å². The summed E-state index contributed by atoms with van der Waals surface area (Å²) in [7, 11) is 0. The number of carbonyl (C=O) groups is 2. The van der Waals surface area contributed by atoms with Gasteiger partial charge in [0.15, 0.2) is 5.78 Å². The third kappa shape index (κ3) is 2.90. The monoisotopic (exact) mass is 372 g/mol. The SMILES string of the molecule is O=C(CC(=O)C(F)(F)C(F)(F)C(F)(F)F)c1csc2ccccc12. The van der Waals surface area contributed by atoms with Crippen LogP contribution in [-0.2, 0) is 4.79 Å². The van der Waals surface area contributed by atoms with Gasteiger partial charge in [-0.05, 0) is 6.07 Å². The summed E-state index contributed by atoms with van der Waals surface area (Å²) in [5.74, 6) is -16.6. The van der Waals surface area contributed by atoms with Crippen LogP contribution in [0.4, 0.5) is 30.7 Å². The van der Waals surface area contributed by atoms with E-state index in [-0.39, 0.29) is 5.56 Å². The maximum Gasteiger partial charge on any atom is 0.460 e. The largest absolute Gasteiger partial charge is 0.460 e. The van der Waals surface area contributed by atoms with Crippen molar-refractivity contribution >= 4 is 33.0 Å². The minimum absolute atomic E-state index is 0.185. The summed E-state index contributed by atoms with van der Waals surface area (Å²) in [4.78, 5) is 23.1. The summed E-state index contributed by atoms with van der Waals surface area (Å²) in [5, 5.41) is 1.52. The van der Waals surface area contributed by atoms with Crippen LogP contribution in [0.5, 0.6) is 0 Å². The second-order valence-corrected chi connectivity index (χ2v) is 5.73.